The Morgan fingerprint density at radius 3 is 2.63 bits per heavy atom. The summed E-state index contributed by atoms with van der Waals surface area (Å²) in [6.45, 7) is 3.05. The van der Waals surface area contributed by atoms with Gasteiger partial charge in [0.2, 0.25) is 0 Å². The van der Waals surface area contributed by atoms with Crippen molar-refractivity contribution < 1.29 is 4.39 Å². The van der Waals surface area contributed by atoms with Gasteiger partial charge in [-0.15, -0.1) is 11.3 Å². The highest BCUT2D eigenvalue weighted by atomic mass is 79.9. The van der Waals surface area contributed by atoms with Crippen LogP contribution in [0, 0.1) is 5.82 Å². The van der Waals surface area contributed by atoms with Crippen molar-refractivity contribution in [3.8, 4) is 0 Å². The van der Waals surface area contributed by atoms with Gasteiger partial charge in [0.15, 0.2) is 0 Å². The predicted molar refractivity (Wildman–Crippen MR) is 86.3 cm³/mol. The average Bonchev–Trinajstić information content (AvgIpc) is 2.78. The molecule has 0 aliphatic heterocycles. The Morgan fingerprint density at radius 1 is 1.26 bits per heavy atom. The van der Waals surface area contributed by atoms with Crippen molar-refractivity contribution in [2.45, 2.75) is 19.4 Å². The zero-order valence-corrected chi connectivity index (χ0v) is 14.4. The van der Waals surface area contributed by atoms with Crippen LogP contribution in [-0.4, -0.2) is 6.54 Å². The number of hydrogen-bond donors (Lipinski definition) is 1. The number of thiophene rings is 1. The third kappa shape index (κ3) is 3.88. The van der Waals surface area contributed by atoms with Crippen LogP contribution in [0.1, 0.15) is 29.8 Å². The zero-order valence-electron chi connectivity index (χ0n) is 10.4. The molecule has 0 spiro atoms. The maximum atomic E-state index is 13.2. The minimum absolute atomic E-state index is 0.0891. The predicted octanol–water partition coefficient (Wildman–Crippen LogP) is 5.50. The molecule has 0 amide bonds. The summed E-state index contributed by atoms with van der Waals surface area (Å²) in [7, 11) is 0. The Balaban J connectivity index is 2.36. The Morgan fingerprint density at radius 2 is 2.05 bits per heavy atom. The first-order chi connectivity index (χ1) is 9.11. The van der Waals surface area contributed by atoms with E-state index in [4.69, 9.17) is 0 Å². The van der Waals surface area contributed by atoms with Crippen molar-refractivity contribution in [1.82, 2.24) is 5.32 Å². The molecule has 2 rings (SSSR count). The average molecular weight is 407 g/mol. The lowest BCUT2D eigenvalue weighted by molar-refractivity contribution is 0.596. The number of halogens is 3. The molecule has 0 saturated carbocycles. The van der Waals surface area contributed by atoms with Crippen molar-refractivity contribution in [1.29, 1.82) is 0 Å². The lowest BCUT2D eigenvalue weighted by atomic mass is 10.1. The van der Waals surface area contributed by atoms with Gasteiger partial charge in [0.05, 0.1) is 9.83 Å². The second-order valence-corrected chi connectivity index (χ2v) is 7.54. The van der Waals surface area contributed by atoms with Gasteiger partial charge >= 0.3 is 0 Å². The van der Waals surface area contributed by atoms with E-state index in [-0.39, 0.29) is 11.9 Å². The molecule has 5 heteroatoms. The van der Waals surface area contributed by atoms with Crippen LogP contribution in [0.15, 0.2) is 38.6 Å². The van der Waals surface area contributed by atoms with Crippen LogP contribution in [0.3, 0.4) is 0 Å². The number of nitrogens with one attached hydrogen (secondary N) is 1. The smallest absolute Gasteiger partial charge is 0.124 e. The van der Waals surface area contributed by atoms with Crippen molar-refractivity contribution in [2.24, 2.45) is 0 Å². The van der Waals surface area contributed by atoms with Gasteiger partial charge in [0.1, 0.15) is 5.82 Å². The minimum Gasteiger partial charge on any atom is -0.306 e. The van der Waals surface area contributed by atoms with Crippen LogP contribution in [0.4, 0.5) is 4.39 Å². The zero-order chi connectivity index (χ0) is 13.8. The number of benzene rings is 1. The normalized spacial score (nSPS) is 12.6. The fraction of sp³-hybridized carbons (Fsp3) is 0.286. The molecule has 0 aliphatic rings. The molecule has 19 heavy (non-hydrogen) atoms. The van der Waals surface area contributed by atoms with E-state index in [2.05, 4.69) is 50.2 Å². The van der Waals surface area contributed by atoms with Crippen molar-refractivity contribution in [3.63, 3.8) is 0 Å². The quantitative estimate of drug-likeness (QED) is 0.690. The summed E-state index contributed by atoms with van der Waals surface area (Å²) < 4.78 is 15.1. The molecule has 0 saturated heterocycles. The second-order valence-electron chi connectivity index (χ2n) is 4.19. The van der Waals surface area contributed by atoms with Gasteiger partial charge < -0.3 is 5.32 Å². The molecule has 1 N–H and O–H groups in total. The van der Waals surface area contributed by atoms with Crippen molar-refractivity contribution >= 4 is 43.2 Å². The molecular formula is C14H14Br2FNS. The molecule has 2 aromatic rings. The molecule has 1 heterocycles. The number of rotatable bonds is 5. The van der Waals surface area contributed by atoms with Crippen LogP contribution < -0.4 is 5.32 Å². The van der Waals surface area contributed by atoms with E-state index in [0.717, 1.165) is 26.8 Å². The summed E-state index contributed by atoms with van der Waals surface area (Å²) >= 11 is 8.64. The summed E-state index contributed by atoms with van der Waals surface area (Å²) in [6, 6.07) is 9.07. The lowest BCUT2D eigenvalue weighted by Crippen LogP contribution is -2.22. The third-order valence-corrected chi connectivity index (χ3v) is 5.13. The standard InChI is InChI=1S/C14H14Br2FNS/c1-2-7-18-14(12-5-6-13(16)19-12)10-4-3-9(17)8-11(10)15/h3-6,8,14,18H,2,7H2,1H3. The largest absolute Gasteiger partial charge is 0.306 e. The van der Waals surface area contributed by atoms with E-state index < -0.39 is 0 Å². The molecule has 0 aliphatic carbocycles. The molecule has 1 nitrogen and oxygen atoms in total. The Kier molecular flexibility index (Phi) is 5.57. The first kappa shape index (κ1) is 15.2. The molecule has 1 aromatic heterocycles. The van der Waals surface area contributed by atoms with E-state index in [9.17, 15) is 4.39 Å². The highest BCUT2D eigenvalue weighted by molar-refractivity contribution is 9.11. The summed E-state index contributed by atoms with van der Waals surface area (Å²) in [5.74, 6) is -0.225. The SMILES string of the molecule is CCCNC(c1ccc(Br)s1)c1ccc(F)cc1Br. The van der Waals surface area contributed by atoms with E-state index in [1.165, 1.54) is 17.0 Å². The summed E-state index contributed by atoms with van der Waals surface area (Å²) in [4.78, 5) is 1.22. The molecule has 1 atom stereocenters. The number of hydrogen-bond acceptors (Lipinski definition) is 2. The first-order valence-corrected chi connectivity index (χ1v) is 8.45. The summed E-state index contributed by atoms with van der Waals surface area (Å²) in [5.41, 5.74) is 1.06. The van der Waals surface area contributed by atoms with Crippen LogP contribution in [-0.2, 0) is 0 Å². The third-order valence-electron chi connectivity index (χ3n) is 2.75. The van der Waals surface area contributed by atoms with Gasteiger partial charge in [0.25, 0.3) is 0 Å². The summed E-state index contributed by atoms with van der Waals surface area (Å²) in [5, 5.41) is 3.51. The molecule has 1 aromatic carbocycles. The molecule has 0 fully saturated rings. The first-order valence-electron chi connectivity index (χ1n) is 6.05. The second kappa shape index (κ2) is 6.97. The fourth-order valence-electron chi connectivity index (χ4n) is 1.87. The van der Waals surface area contributed by atoms with Crippen LogP contribution in [0.2, 0.25) is 0 Å². The van der Waals surface area contributed by atoms with Gasteiger partial charge in [-0.2, -0.15) is 0 Å². The minimum atomic E-state index is -0.225. The van der Waals surface area contributed by atoms with Gasteiger partial charge in [0, 0.05) is 9.35 Å². The van der Waals surface area contributed by atoms with E-state index in [0.29, 0.717) is 0 Å². The topological polar surface area (TPSA) is 12.0 Å². The van der Waals surface area contributed by atoms with Crippen LogP contribution >= 0.6 is 43.2 Å². The van der Waals surface area contributed by atoms with E-state index in [1.54, 1.807) is 11.3 Å². The molecule has 102 valence electrons. The highest BCUT2D eigenvalue weighted by Gasteiger charge is 2.18. The van der Waals surface area contributed by atoms with Gasteiger partial charge in [-0.05, 0) is 58.7 Å². The van der Waals surface area contributed by atoms with Crippen LogP contribution in [0.25, 0.3) is 0 Å². The van der Waals surface area contributed by atoms with Gasteiger partial charge in [-0.1, -0.05) is 28.9 Å². The Hall–Kier alpha value is -0.230. The Labute approximate surface area is 133 Å². The Bertz CT molecular complexity index is 556. The molecular weight excluding hydrogens is 393 g/mol. The van der Waals surface area contributed by atoms with Crippen LogP contribution in [0.5, 0.6) is 0 Å². The summed E-state index contributed by atoms with van der Waals surface area (Å²) in [6.07, 6.45) is 1.06. The fourth-order valence-corrected chi connectivity index (χ4v) is 3.97. The van der Waals surface area contributed by atoms with E-state index >= 15 is 0 Å². The van der Waals surface area contributed by atoms with Crippen molar-refractivity contribution in [3.05, 3.63) is 54.8 Å². The molecule has 1 unspecified atom stereocenters. The van der Waals surface area contributed by atoms with E-state index in [1.807, 2.05) is 12.1 Å². The molecule has 0 bridgehead atoms. The van der Waals surface area contributed by atoms with Gasteiger partial charge in [-0.3, -0.25) is 0 Å². The van der Waals surface area contributed by atoms with Gasteiger partial charge in [-0.25, -0.2) is 4.39 Å². The maximum absolute atomic E-state index is 13.2. The maximum Gasteiger partial charge on any atom is 0.124 e. The highest BCUT2D eigenvalue weighted by Crippen LogP contribution is 2.34. The molecule has 0 radical (unpaired) electrons. The van der Waals surface area contributed by atoms with Crippen molar-refractivity contribution in [2.75, 3.05) is 6.54 Å². The lowest BCUT2D eigenvalue weighted by Gasteiger charge is -2.19. The monoisotopic (exact) mass is 405 g/mol.